The zero-order chi connectivity index (χ0) is 12.1. The Balaban J connectivity index is 2.13. The molecule has 0 saturated heterocycles. The second-order valence-electron chi connectivity index (χ2n) is 3.58. The van der Waals surface area contributed by atoms with Gasteiger partial charge in [0, 0.05) is 18.6 Å². The van der Waals surface area contributed by atoms with Crippen LogP contribution in [0.5, 0.6) is 0 Å². The first-order valence-corrected chi connectivity index (χ1v) is 6.18. The van der Waals surface area contributed by atoms with E-state index in [4.69, 9.17) is 6.42 Å². The molecule has 0 spiro atoms. The number of allylic oxidation sites excluding steroid dienone is 1. The SMILES string of the molecule is C#CCNC1=C(C)N=CC(c2cccnc2)S1. The van der Waals surface area contributed by atoms with E-state index in [0.29, 0.717) is 6.54 Å². The Kier molecular flexibility index (Phi) is 3.84. The number of rotatable bonds is 3. The van der Waals surface area contributed by atoms with Crippen LogP contribution in [0.25, 0.3) is 0 Å². The molecule has 4 heteroatoms. The van der Waals surface area contributed by atoms with Gasteiger partial charge in [-0.25, -0.2) is 0 Å². The molecule has 0 radical (unpaired) electrons. The molecule has 2 heterocycles. The largest absolute Gasteiger partial charge is 0.367 e. The van der Waals surface area contributed by atoms with E-state index < -0.39 is 0 Å². The number of hydrogen-bond acceptors (Lipinski definition) is 4. The van der Waals surface area contributed by atoms with Crippen molar-refractivity contribution in [1.29, 1.82) is 0 Å². The van der Waals surface area contributed by atoms with Crippen LogP contribution in [-0.2, 0) is 0 Å². The molecule has 1 atom stereocenters. The predicted octanol–water partition coefficient (Wildman–Crippen LogP) is 2.35. The molecule has 1 aliphatic heterocycles. The molecule has 1 unspecified atom stereocenters. The molecule has 86 valence electrons. The van der Waals surface area contributed by atoms with Crippen LogP contribution in [0.2, 0.25) is 0 Å². The highest BCUT2D eigenvalue weighted by Gasteiger charge is 2.17. The molecule has 0 saturated carbocycles. The molecule has 0 amide bonds. The third-order valence-electron chi connectivity index (χ3n) is 2.34. The van der Waals surface area contributed by atoms with Crippen molar-refractivity contribution in [2.45, 2.75) is 12.2 Å². The molecule has 0 aromatic carbocycles. The number of nitrogens with one attached hydrogen (secondary N) is 1. The fraction of sp³-hybridized carbons (Fsp3) is 0.231. The summed E-state index contributed by atoms with van der Waals surface area (Å²) in [4.78, 5) is 8.52. The summed E-state index contributed by atoms with van der Waals surface area (Å²) in [5, 5.41) is 4.44. The molecule has 1 aliphatic rings. The van der Waals surface area contributed by atoms with Crippen molar-refractivity contribution < 1.29 is 0 Å². The summed E-state index contributed by atoms with van der Waals surface area (Å²) in [5.74, 6) is 2.57. The zero-order valence-corrected chi connectivity index (χ0v) is 10.4. The predicted molar refractivity (Wildman–Crippen MR) is 72.6 cm³/mol. The third-order valence-corrected chi connectivity index (χ3v) is 3.66. The van der Waals surface area contributed by atoms with Crippen molar-refractivity contribution in [3.05, 3.63) is 40.8 Å². The van der Waals surface area contributed by atoms with Gasteiger partial charge in [0.2, 0.25) is 0 Å². The summed E-state index contributed by atoms with van der Waals surface area (Å²) in [5.41, 5.74) is 2.12. The monoisotopic (exact) mass is 243 g/mol. The summed E-state index contributed by atoms with van der Waals surface area (Å²) in [6.07, 6.45) is 10.8. The Labute approximate surface area is 105 Å². The normalized spacial score (nSPS) is 18.9. The quantitative estimate of drug-likeness (QED) is 0.828. The average Bonchev–Trinajstić information content (AvgIpc) is 2.39. The van der Waals surface area contributed by atoms with Gasteiger partial charge in [-0.05, 0) is 18.6 Å². The van der Waals surface area contributed by atoms with Crippen LogP contribution in [0.3, 0.4) is 0 Å². The summed E-state index contributed by atoms with van der Waals surface area (Å²) in [6.45, 7) is 2.50. The van der Waals surface area contributed by atoms with Gasteiger partial charge in [-0.2, -0.15) is 0 Å². The number of hydrogen-bond donors (Lipinski definition) is 1. The van der Waals surface area contributed by atoms with Crippen LogP contribution in [0.1, 0.15) is 17.7 Å². The summed E-state index contributed by atoms with van der Waals surface area (Å²) in [7, 11) is 0. The van der Waals surface area contributed by atoms with Crippen LogP contribution in [0, 0.1) is 12.3 Å². The first-order valence-electron chi connectivity index (χ1n) is 5.30. The Morgan fingerprint density at radius 1 is 1.59 bits per heavy atom. The van der Waals surface area contributed by atoms with Crippen molar-refractivity contribution >= 4 is 18.0 Å². The average molecular weight is 243 g/mol. The molecular weight excluding hydrogens is 230 g/mol. The van der Waals surface area contributed by atoms with Gasteiger partial charge in [-0.3, -0.25) is 9.98 Å². The molecule has 1 aromatic rings. The number of terminal acetylenes is 1. The minimum atomic E-state index is 0.202. The van der Waals surface area contributed by atoms with Gasteiger partial charge in [0.15, 0.2) is 0 Å². The fourth-order valence-electron chi connectivity index (χ4n) is 1.48. The lowest BCUT2D eigenvalue weighted by Gasteiger charge is -2.20. The first-order chi connectivity index (χ1) is 8.31. The van der Waals surface area contributed by atoms with Crippen LogP contribution >= 0.6 is 11.8 Å². The molecule has 2 rings (SSSR count). The van der Waals surface area contributed by atoms with Crippen molar-refractivity contribution in [2.24, 2.45) is 4.99 Å². The van der Waals surface area contributed by atoms with Crippen LogP contribution in [0.4, 0.5) is 0 Å². The van der Waals surface area contributed by atoms with E-state index in [0.717, 1.165) is 16.3 Å². The lowest BCUT2D eigenvalue weighted by atomic mass is 10.2. The number of nitrogens with zero attached hydrogens (tertiary/aromatic N) is 2. The van der Waals surface area contributed by atoms with Crippen molar-refractivity contribution in [3.8, 4) is 12.3 Å². The lowest BCUT2D eigenvalue weighted by Crippen LogP contribution is -2.16. The van der Waals surface area contributed by atoms with Crippen LogP contribution in [-0.4, -0.2) is 17.7 Å². The molecule has 3 nitrogen and oxygen atoms in total. The van der Waals surface area contributed by atoms with E-state index in [2.05, 4.69) is 27.3 Å². The van der Waals surface area contributed by atoms with E-state index in [1.54, 1.807) is 18.0 Å². The maximum Gasteiger partial charge on any atom is 0.0914 e. The maximum atomic E-state index is 5.24. The highest BCUT2D eigenvalue weighted by molar-refractivity contribution is 8.03. The number of thioether (sulfide) groups is 1. The minimum Gasteiger partial charge on any atom is -0.367 e. The molecule has 1 N–H and O–H groups in total. The van der Waals surface area contributed by atoms with Gasteiger partial charge in [0.1, 0.15) is 0 Å². The second kappa shape index (κ2) is 5.55. The number of aliphatic imine (C=N–C) groups is 1. The molecule has 0 aliphatic carbocycles. The minimum absolute atomic E-state index is 0.202. The van der Waals surface area contributed by atoms with E-state index in [1.165, 1.54) is 0 Å². The standard InChI is InChI=1S/C13H13N3S/c1-3-6-15-13-10(2)16-9-12(17-13)11-5-4-7-14-8-11/h1,4-5,7-9,12,15H,6H2,2H3. The first kappa shape index (κ1) is 11.7. The maximum absolute atomic E-state index is 5.24. The molecule has 1 aromatic heterocycles. The summed E-state index contributed by atoms with van der Waals surface area (Å²) >= 11 is 1.72. The zero-order valence-electron chi connectivity index (χ0n) is 9.55. The highest BCUT2D eigenvalue weighted by Crippen LogP contribution is 2.36. The highest BCUT2D eigenvalue weighted by atomic mass is 32.2. The van der Waals surface area contributed by atoms with Crippen LogP contribution in [0.15, 0.2) is 40.2 Å². The molecule has 0 fully saturated rings. The number of pyridine rings is 1. The number of aromatic nitrogens is 1. The Morgan fingerprint density at radius 3 is 3.18 bits per heavy atom. The Hall–Kier alpha value is -1.73. The van der Waals surface area contributed by atoms with Crippen molar-refractivity contribution in [3.63, 3.8) is 0 Å². The van der Waals surface area contributed by atoms with Gasteiger partial charge < -0.3 is 5.32 Å². The van der Waals surface area contributed by atoms with Crippen LogP contribution < -0.4 is 5.32 Å². The van der Waals surface area contributed by atoms with Gasteiger partial charge >= 0.3 is 0 Å². The Morgan fingerprint density at radius 2 is 2.47 bits per heavy atom. The van der Waals surface area contributed by atoms with E-state index >= 15 is 0 Å². The molecular formula is C13H13N3S. The smallest absolute Gasteiger partial charge is 0.0914 e. The van der Waals surface area contributed by atoms with E-state index in [-0.39, 0.29) is 5.25 Å². The Bertz CT molecular complexity index is 485. The van der Waals surface area contributed by atoms with Gasteiger partial charge in [0.25, 0.3) is 0 Å². The summed E-state index contributed by atoms with van der Waals surface area (Å²) < 4.78 is 0. The van der Waals surface area contributed by atoms with Gasteiger partial charge in [0.05, 0.1) is 22.5 Å². The summed E-state index contributed by atoms with van der Waals surface area (Å²) in [6, 6.07) is 3.99. The van der Waals surface area contributed by atoms with E-state index in [9.17, 15) is 0 Å². The van der Waals surface area contributed by atoms with Gasteiger partial charge in [-0.15, -0.1) is 6.42 Å². The topological polar surface area (TPSA) is 37.3 Å². The second-order valence-corrected chi connectivity index (χ2v) is 4.73. The molecule has 0 bridgehead atoms. The third kappa shape index (κ3) is 2.89. The molecule has 17 heavy (non-hydrogen) atoms. The lowest BCUT2D eigenvalue weighted by molar-refractivity contribution is 0.955. The van der Waals surface area contributed by atoms with Crippen molar-refractivity contribution in [1.82, 2.24) is 10.3 Å². The van der Waals surface area contributed by atoms with Crippen molar-refractivity contribution in [2.75, 3.05) is 6.54 Å². The fourth-order valence-corrected chi connectivity index (χ4v) is 2.51. The van der Waals surface area contributed by atoms with E-state index in [1.807, 2.05) is 25.4 Å². The van der Waals surface area contributed by atoms with Gasteiger partial charge in [-0.1, -0.05) is 23.7 Å².